The Labute approximate surface area is 167 Å². The van der Waals surface area contributed by atoms with Gasteiger partial charge in [-0.05, 0) is 31.4 Å². The summed E-state index contributed by atoms with van der Waals surface area (Å²) in [6.07, 6.45) is -5.11. The quantitative estimate of drug-likeness (QED) is 0.699. The first-order valence-corrected chi connectivity index (χ1v) is 9.45. The maximum Gasteiger partial charge on any atom is 0.398 e. The van der Waals surface area contributed by atoms with Gasteiger partial charge in [-0.25, -0.2) is 18.3 Å². The number of fused-ring (bicyclic) bond motifs is 1. The largest absolute Gasteiger partial charge is 0.398 e. The number of hydrogen-bond acceptors (Lipinski definition) is 4. The fourth-order valence-corrected chi connectivity index (χ4v) is 4.00. The van der Waals surface area contributed by atoms with E-state index in [4.69, 9.17) is 0 Å². The summed E-state index contributed by atoms with van der Waals surface area (Å²) in [5.41, 5.74) is -1.13. The van der Waals surface area contributed by atoms with Crippen LogP contribution in [0.5, 0.6) is 0 Å². The van der Waals surface area contributed by atoms with Gasteiger partial charge in [-0.15, -0.1) is 0 Å². The second-order valence-electron chi connectivity index (χ2n) is 7.46. The van der Waals surface area contributed by atoms with E-state index in [1.807, 2.05) is 0 Å². The molecule has 1 fully saturated rings. The summed E-state index contributed by atoms with van der Waals surface area (Å²) in [5, 5.41) is 3.80. The molecular formula is C18H18F5N5O2. The summed E-state index contributed by atoms with van der Waals surface area (Å²) < 4.78 is 69.5. The molecule has 2 aliphatic rings. The number of alkyl halides is 4. The van der Waals surface area contributed by atoms with Gasteiger partial charge in [0.05, 0.1) is 18.8 Å². The lowest BCUT2D eigenvalue weighted by molar-refractivity contribution is -0.160. The van der Waals surface area contributed by atoms with E-state index >= 15 is 0 Å². The number of amides is 1. The highest BCUT2D eigenvalue weighted by Crippen LogP contribution is 2.42. The van der Waals surface area contributed by atoms with E-state index < -0.39 is 60.5 Å². The number of aromatic nitrogens is 4. The van der Waals surface area contributed by atoms with Gasteiger partial charge in [-0.3, -0.25) is 14.3 Å². The minimum atomic E-state index is -4.67. The van der Waals surface area contributed by atoms with Crippen LogP contribution in [0.15, 0.2) is 23.1 Å². The predicted octanol–water partition coefficient (Wildman–Crippen LogP) is 2.18. The van der Waals surface area contributed by atoms with Crippen molar-refractivity contribution < 1.29 is 26.7 Å². The number of carbonyl (C=O) groups excluding carboxylic acids is 1. The lowest BCUT2D eigenvalue weighted by Gasteiger charge is -2.31. The van der Waals surface area contributed by atoms with Gasteiger partial charge in [0.1, 0.15) is 29.8 Å². The Morgan fingerprint density at radius 2 is 2.00 bits per heavy atom. The summed E-state index contributed by atoms with van der Waals surface area (Å²) in [5.74, 6) is -3.97. The van der Waals surface area contributed by atoms with Gasteiger partial charge in [0.25, 0.3) is 0 Å². The van der Waals surface area contributed by atoms with Gasteiger partial charge >= 0.3 is 11.9 Å². The normalized spacial score (nSPS) is 24.2. The maximum atomic E-state index is 13.9. The Morgan fingerprint density at radius 1 is 1.23 bits per heavy atom. The molecule has 30 heavy (non-hydrogen) atoms. The van der Waals surface area contributed by atoms with E-state index in [0.717, 1.165) is 10.6 Å². The van der Waals surface area contributed by atoms with Gasteiger partial charge in [-0.1, -0.05) is 0 Å². The van der Waals surface area contributed by atoms with Crippen LogP contribution < -0.4 is 5.69 Å². The number of carbonyl (C=O) groups is 1. The molecule has 2 aromatic rings. The van der Waals surface area contributed by atoms with Crippen molar-refractivity contribution in [2.45, 2.75) is 50.1 Å². The summed E-state index contributed by atoms with van der Waals surface area (Å²) >= 11 is 0. The molecule has 0 aromatic carbocycles. The molecule has 0 N–H and O–H groups in total. The maximum absolute atomic E-state index is 13.9. The summed E-state index contributed by atoms with van der Waals surface area (Å²) in [7, 11) is 0. The Balaban J connectivity index is 1.75. The first-order valence-electron chi connectivity index (χ1n) is 9.45. The van der Waals surface area contributed by atoms with E-state index in [1.54, 1.807) is 0 Å². The zero-order valence-electron chi connectivity index (χ0n) is 15.6. The van der Waals surface area contributed by atoms with Crippen molar-refractivity contribution in [2.75, 3.05) is 13.1 Å². The van der Waals surface area contributed by atoms with E-state index in [-0.39, 0.29) is 31.6 Å². The zero-order chi connectivity index (χ0) is 21.6. The van der Waals surface area contributed by atoms with Gasteiger partial charge < -0.3 is 4.90 Å². The minimum Gasteiger partial charge on any atom is -0.338 e. The van der Waals surface area contributed by atoms with Crippen LogP contribution in [-0.2, 0) is 11.3 Å². The number of pyridine rings is 1. The second kappa shape index (κ2) is 7.47. The molecule has 0 radical (unpaired) electrons. The molecule has 2 aromatic heterocycles. The van der Waals surface area contributed by atoms with Crippen LogP contribution in [0.1, 0.15) is 42.7 Å². The van der Waals surface area contributed by atoms with Crippen LogP contribution in [0, 0.1) is 5.82 Å². The van der Waals surface area contributed by atoms with Crippen molar-refractivity contribution in [2.24, 2.45) is 0 Å². The van der Waals surface area contributed by atoms with Crippen molar-refractivity contribution in [1.29, 1.82) is 0 Å². The van der Waals surface area contributed by atoms with Crippen molar-refractivity contribution in [3.63, 3.8) is 0 Å². The summed E-state index contributed by atoms with van der Waals surface area (Å²) in [6.45, 7) is -0.501. The molecule has 7 nitrogen and oxygen atoms in total. The van der Waals surface area contributed by atoms with Crippen LogP contribution in [0.25, 0.3) is 0 Å². The fraction of sp³-hybridized carbons (Fsp3) is 0.556. The number of rotatable bonds is 3. The van der Waals surface area contributed by atoms with Gasteiger partial charge in [0, 0.05) is 12.7 Å². The van der Waals surface area contributed by atoms with Gasteiger partial charge in [-0.2, -0.15) is 18.3 Å². The Hall–Kier alpha value is -2.79. The molecule has 1 amide bonds. The molecule has 3 atom stereocenters. The van der Waals surface area contributed by atoms with E-state index in [1.165, 1.54) is 17.2 Å². The van der Waals surface area contributed by atoms with Crippen LogP contribution in [0.2, 0.25) is 0 Å². The Bertz CT molecular complexity index is 1020. The van der Waals surface area contributed by atoms with Crippen LogP contribution in [0.3, 0.4) is 0 Å². The van der Waals surface area contributed by atoms with Crippen molar-refractivity contribution >= 4 is 5.91 Å². The van der Waals surface area contributed by atoms with Crippen molar-refractivity contribution in [1.82, 2.24) is 24.2 Å². The lowest BCUT2D eigenvalue weighted by Crippen LogP contribution is -2.43. The standard InChI is InChI=1S/C18H18F5N5O2/c19-10-5-7-26(8-10)16(29)14-4-3-11(18(21,22)23)15-25-27(17(30)28(14)15)9-13-12(20)2-1-6-24-13/h1-2,6,10-11,14H,3-5,7-9H2/t10-,11+,14+/m0/s1. The zero-order valence-corrected chi connectivity index (χ0v) is 15.6. The molecule has 0 unspecified atom stereocenters. The molecule has 2 aliphatic heterocycles. The molecule has 12 heteroatoms. The molecule has 0 bridgehead atoms. The average Bonchev–Trinajstić information content (AvgIpc) is 3.26. The third kappa shape index (κ3) is 3.58. The first-order chi connectivity index (χ1) is 14.2. The monoisotopic (exact) mass is 431 g/mol. The van der Waals surface area contributed by atoms with E-state index in [9.17, 15) is 31.5 Å². The number of halogens is 5. The van der Waals surface area contributed by atoms with Crippen LogP contribution in [-0.4, -0.2) is 55.6 Å². The topological polar surface area (TPSA) is 73.0 Å². The molecule has 4 heterocycles. The average molecular weight is 431 g/mol. The second-order valence-corrected chi connectivity index (χ2v) is 7.46. The highest BCUT2D eigenvalue weighted by Gasteiger charge is 2.49. The SMILES string of the molecule is O=C([C@H]1CC[C@@H](C(F)(F)F)c2nn(Cc3ncccc3F)c(=O)n21)N1CC[C@H](F)C1. The fourth-order valence-electron chi connectivity index (χ4n) is 4.00. The van der Waals surface area contributed by atoms with Gasteiger partial charge in [0.2, 0.25) is 5.91 Å². The van der Waals surface area contributed by atoms with E-state index in [2.05, 4.69) is 10.1 Å². The molecule has 0 aliphatic carbocycles. The molecular weight excluding hydrogens is 413 g/mol. The molecule has 1 saturated heterocycles. The Kier molecular flexibility index (Phi) is 5.10. The smallest absolute Gasteiger partial charge is 0.338 e. The summed E-state index contributed by atoms with van der Waals surface area (Å²) in [4.78, 5) is 30.8. The first kappa shape index (κ1) is 20.5. The number of likely N-dealkylation sites (tertiary alicyclic amines) is 1. The van der Waals surface area contributed by atoms with E-state index in [0.29, 0.717) is 4.68 Å². The van der Waals surface area contributed by atoms with Gasteiger partial charge in [0.15, 0.2) is 0 Å². The summed E-state index contributed by atoms with van der Waals surface area (Å²) in [6, 6.07) is 1.23. The molecule has 0 spiro atoms. The van der Waals surface area contributed by atoms with Crippen molar-refractivity contribution in [3.05, 3.63) is 46.1 Å². The highest BCUT2D eigenvalue weighted by atomic mass is 19.4. The predicted molar refractivity (Wildman–Crippen MR) is 92.9 cm³/mol. The lowest BCUT2D eigenvalue weighted by atomic mass is 9.93. The minimum absolute atomic E-state index is 0.135. The third-order valence-electron chi connectivity index (χ3n) is 5.51. The van der Waals surface area contributed by atoms with Crippen molar-refractivity contribution in [3.8, 4) is 0 Å². The molecule has 162 valence electrons. The Morgan fingerprint density at radius 3 is 2.63 bits per heavy atom. The van der Waals surface area contributed by atoms with Crippen LogP contribution in [0.4, 0.5) is 22.0 Å². The van der Waals surface area contributed by atoms with Crippen LogP contribution >= 0.6 is 0 Å². The number of nitrogens with zero attached hydrogens (tertiary/aromatic N) is 5. The molecule has 4 rings (SSSR count). The molecule has 0 saturated carbocycles. The number of hydrogen-bond donors (Lipinski definition) is 0. The third-order valence-corrected chi connectivity index (χ3v) is 5.51. The highest BCUT2D eigenvalue weighted by molar-refractivity contribution is 5.81.